The number of amides is 2. The third-order valence-corrected chi connectivity index (χ3v) is 4.62. The molecular weight excluding hydrogens is 350 g/mol. The zero-order valence-electron chi connectivity index (χ0n) is 14.9. The third-order valence-electron chi connectivity index (χ3n) is 4.62. The number of piperazine rings is 1. The highest BCUT2D eigenvalue weighted by Crippen LogP contribution is 2.24. The van der Waals surface area contributed by atoms with Crippen LogP contribution in [0, 0.1) is 0 Å². The molecule has 2 amide bonds. The van der Waals surface area contributed by atoms with Crippen molar-refractivity contribution >= 4 is 17.8 Å². The molecule has 0 saturated carbocycles. The van der Waals surface area contributed by atoms with E-state index in [2.05, 4.69) is 5.32 Å². The highest BCUT2D eigenvalue weighted by molar-refractivity contribution is 5.94. The minimum absolute atomic E-state index is 0.201. The SMILES string of the molecule is CNC(=O)c1cccc([C@@H](C(=O)O)N2CCN(C(=O)c3ccco3)CC2)c1. The summed E-state index contributed by atoms with van der Waals surface area (Å²) in [6.45, 7) is 1.62. The molecule has 0 radical (unpaired) electrons. The number of carboxylic acid groups (broad SMARTS) is 1. The van der Waals surface area contributed by atoms with Crippen LogP contribution in [0.15, 0.2) is 47.1 Å². The molecule has 3 rings (SSSR count). The van der Waals surface area contributed by atoms with Crippen LogP contribution < -0.4 is 5.32 Å². The van der Waals surface area contributed by atoms with E-state index in [0.717, 1.165) is 0 Å². The van der Waals surface area contributed by atoms with Gasteiger partial charge in [0.05, 0.1) is 6.26 Å². The van der Waals surface area contributed by atoms with E-state index in [9.17, 15) is 19.5 Å². The van der Waals surface area contributed by atoms with Crippen molar-refractivity contribution < 1.29 is 23.9 Å². The van der Waals surface area contributed by atoms with Crippen LogP contribution in [0.2, 0.25) is 0 Å². The van der Waals surface area contributed by atoms with E-state index in [0.29, 0.717) is 37.3 Å². The van der Waals surface area contributed by atoms with Gasteiger partial charge in [0.15, 0.2) is 5.76 Å². The average Bonchev–Trinajstić information content (AvgIpc) is 3.22. The fraction of sp³-hybridized carbons (Fsp3) is 0.316. The lowest BCUT2D eigenvalue weighted by molar-refractivity contribution is -0.144. The molecular formula is C19H21N3O5. The molecule has 0 bridgehead atoms. The Hall–Kier alpha value is -3.13. The van der Waals surface area contributed by atoms with Crippen molar-refractivity contribution in [1.29, 1.82) is 0 Å². The van der Waals surface area contributed by atoms with Crippen LogP contribution in [0.3, 0.4) is 0 Å². The zero-order chi connectivity index (χ0) is 19.4. The maximum atomic E-state index is 12.3. The van der Waals surface area contributed by atoms with Gasteiger partial charge in [-0.15, -0.1) is 0 Å². The van der Waals surface area contributed by atoms with Gasteiger partial charge in [-0.05, 0) is 29.8 Å². The van der Waals surface area contributed by atoms with Crippen molar-refractivity contribution in [3.63, 3.8) is 0 Å². The summed E-state index contributed by atoms with van der Waals surface area (Å²) in [6, 6.07) is 9.00. The first-order valence-electron chi connectivity index (χ1n) is 8.63. The molecule has 0 aliphatic carbocycles. The second-order valence-corrected chi connectivity index (χ2v) is 6.25. The third kappa shape index (κ3) is 4.01. The number of carboxylic acids is 1. The van der Waals surface area contributed by atoms with Crippen LogP contribution in [-0.2, 0) is 4.79 Å². The van der Waals surface area contributed by atoms with Gasteiger partial charge in [0.1, 0.15) is 6.04 Å². The number of hydrogen-bond acceptors (Lipinski definition) is 5. The Kier molecular flexibility index (Phi) is 5.56. The van der Waals surface area contributed by atoms with E-state index in [-0.39, 0.29) is 17.6 Å². The predicted octanol–water partition coefficient (Wildman–Crippen LogP) is 1.22. The van der Waals surface area contributed by atoms with Gasteiger partial charge in [-0.3, -0.25) is 19.3 Å². The average molecular weight is 371 g/mol. The highest BCUT2D eigenvalue weighted by Gasteiger charge is 2.32. The number of carbonyl (C=O) groups excluding carboxylic acids is 2. The highest BCUT2D eigenvalue weighted by atomic mass is 16.4. The first kappa shape index (κ1) is 18.7. The lowest BCUT2D eigenvalue weighted by Crippen LogP contribution is -2.51. The quantitative estimate of drug-likeness (QED) is 0.819. The van der Waals surface area contributed by atoms with Crippen molar-refractivity contribution in [3.05, 3.63) is 59.5 Å². The number of rotatable bonds is 5. The van der Waals surface area contributed by atoms with Gasteiger partial charge in [-0.25, -0.2) is 0 Å². The molecule has 8 heteroatoms. The topological polar surface area (TPSA) is 103 Å². The van der Waals surface area contributed by atoms with E-state index >= 15 is 0 Å². The molecule has 1 fully saturated rings. The number of furan rings is 1. The Balaban J connectivity index is 1.73. The largest absolute Gasteiger partial charge is 0.480 e. The fourth-order valence-electron chi connectivity index (χ4n) is 3.24. The second kappa shape index (κ2) is 8.05. The summed E-state index contributed by atoms with van der Waals surface area (Å²) in [6.07, 6.45) is 1.45. The normalized spacial score (nSPS) is 16.0. The van der Waals surface area contributed by atoms with Crippen molar-refractivity contribution in [1.82, 2.24) is 15.1 Å². The summed E-state index contributed by atoms with van der Waals surface area (Å²) in [5.41, 5.74) is 0.947. The monoisotopic (exact) mass is 371 g/mol. The fourth-order valence-corrected chi connectivity index (χ4v) is 3.24. The van der Waals surface area contributed by atoms with E-state index in [1.807, 2.05) is 0 Å². The molecule has 1 aliphatic heterocycles. The molecule has 2 aromatic rings. The smallest absolute Gasteiger partial charge is 0.325 e. The van der Waals surface area contributed by atoms with Gasteiger partial charge in [0.2, 0.25) is 0 Å². The number of hydrogen-bond donors (Lipinski definition) is 2. The summed E-state index contributed by atoms with van der Waals surface area (Å²) in [4.78, 5) is 39.6. The molecule has 1 atom stereocenters. The number of benzene rings is 1. The van der Waals surface area contributed by atoms with Crippen LogP contribution in [-0.4, -0.2) is 65.9 Å². The number of carbonyl (C=O) groups is 3. The molecule has 0 unspecified atom stereocenters. The maximum absolute atomic E-state index is 12.3. The maximum Gasteiger partial charge on any atom is 0.325 e. The first-order chi connectivity index (χ1) is 13.0. The van der Waals surface area contributed by atoms with E-state index < -0.39 is 12.0 Å². The zero-order valence-corrected chi connectivity index (χ0v) is 14.9. The Morgan fingerprint density at radius 1 is 1.11 bits per heavy atom. The van der Waals surface area contributed by atoms with Crippen molar-refractivity contribution in [3.8, 4) is 0 Å². The van der Waals surface area contributed by atoms with Gasteiger partial charge in [-0.2, -0.15) is 0 Å². The van der Waals surface area contributed by atoms with E-state index in [1.54, 1.807) is 46.2 Å². The van der Waals surface area contributed by atoms with E-state index in [1.165, 1.54) is 13.3 Å². The minimum atomic E-state index is -0.991. The molecule has 1 saturated heterocycles. The number of nitrogens with one attached hydrogen (secondary N) is 1. The second-order valence-electron chi connectivity index (χ2n) is 6.25. The molecule has 1 aliphatic rings. The molecule has 0 spiro atoms. The van der Waals surface area contributed by atoms with Crippen molar-refractivity contribution in [2.75, 3.05) is 33.2 Å². The molecule has 1 aromatic carbocycles. The molecule has 2 heterocycles. The molecule has 1 aromatic heterocycles. The Bertz CT molecular complexity index is 826. The van der Waals surface area contributed by atoms with Crippen LogP contribution in [0.1, 0.15) is 32.5 Å². The van der Waals surface area contributed by atoms with E-state index in [4.69, 9.17) is 4.42 Å². The summed E-state index contributed by atoms with van der Waals surface area (Å²) < 4.78 is 5.14. The van der Waals surface area contributed by atoms with Crippen molar-refractivity contribution in [2.24, 2.45) is 0 Å². The van der Waals surface area contributed by atoms with Crippen LogP contribution in [0.5, 0.6) is 0 Å². The molecule has 142 valence electrons. The Morgan fingerprint density at radius 3 is 2.44 bits per heavy atom. The molecule has 2 N–H and O–H groups in total. The first-order valence-corrected chi connectivity index (χ1v) is 8.63. The Labute approximate surface area is 156 Å². The van der Waals surface area contributed by atoms with Crippen LogP contribution >= 0.6 is 0 Å². The lowest BCUT2D eigenvalue weighted by atomic mass is 10.0. The van der Waals surface area contributed by atoms with Gasteiger partial charge in [0.25, 0.3) is 11.8 Å². The minimum Gasteiger partial charge on any atom is -0.480 e. The van der Waals surface area contributed by atoms with Crippen molar-refractivity contribution in [2.45, 2.75) is 6.04 Å². The summed E-state index contributed by atoms with van der Waals surface area (Å²) in [5.74, 6) is -1.19. The lowest BCUT2D eigenvalue weighted by Gasteiger charge is -2.37. The summed E-state index contributed by atoms with van der Waals surface area (Å²) >= 11 is 0. The van der Waals surface area contributed by atoms with Crippen LogP contribution in [0.4, 0.5) is 0 Å². The summed E-state index contributed by atoms with van der Waals surface area (Å²) in [5, 5.41) is 12.3. The van der Waals surface area contributed by atoms with Gasteiger partial charge >= 0.3 is 5.97 Å². The Morgan fingerprint density at radius 2 is 1.85 bits per heavy atom. The summed E-state index contributed by atoms with van der Waals surface area (Å²) in [7, 11) is 1.53. The van der Waals surface area contributed by atoms with Crippen LogP contribution in [0.25, 0.3) is 0 Å². The van der Waals surface area contributed by atoms with Gasteiger partial charge < -0.3 is 19.7 Å². The number of nitrogens with zero attached hydrogens (tertiary/aromatic N) is 2. The van der Waals surface area contributed by atoms with Gasteiger partial charge in [0, 0.05) is 38.8 Å². The molecule has 8 nitrogen and oxygen atoms in total. The van der Waals surface area contributed by atoms with Gasteiger partial charge in [-0.1, -0.05) is 12.1 Å². The predicted molar refractivity (Wildman–Crippen MR) is 96.4 cm³/mol. The standard InChI is InChI=1S/C19H21N3O5/c1-20-17(23)14-5-2-4-13(12-14)16(19(25)26)21-7-9-22(10-8-21)18(24)15-6-3-11-27-15/h2-6,11-12,16H,7-10H2,1H3,(H,20,23)(H,25,26)/t16-/m0/s1. The molecule has 27 heavy (non-hydrogen) atoms. The number of aliphatic carboxylic acids is 1.